The summed E-state index contributed by atoms with van der Waals surface area (Å²) in [6.07, 6.45) is 8.09. The lowest BCUT2D eigenvalue weighted by atomic mass is 9.55. The van der Waals surface area contributed by atoms with Gasteiger partial charge in [-0.1, -0.05) is 66.5 Å². The van der Waals surface area contributed by atoms with Gasteiger partial charge in [0.05, 0.1) is 57.0 Å². The number of fused-ring (bicyclic) bond motifs is 2. The van der Waals surface area contributed by atoms with E-state index in [0.29, 0.717) is 43.3 Å². The van der Waals surface area contributed by atoms with Crippen LogP contribution in [0.5, 0.6) is 11.5 Å². The molecular weight excluding hydrogens is 819 g/mol. The Balaban J connectivity index is 1.46. The highest BCUT2D eigenvalue weighted by Crippen LogP contribution is 2.62. The van der Waals surface area contributed by atoms with E-state index in [-0.39, 0.29) is 90.2 Å². The first-order valence-corrected chi connectivity index (χ1v) is 22.9. The van der Waals surface area contributed by atoms with Crippen LogP contribution in [0.1, 0.15) is 80.3 Å². The highest BCUT2D eigenvalue weighted by atomic mass is 16.7. The smallest absolute Gasteiger partial charge is 0.410 e. The molecule has 1 amide bonds. The van der Waals surface area contributed by atoms with E-state index < -0.39 is 23.8 Å². The molecule has 14 heteroatoms. The molecule has 14 nitrogen and oxygen atoms in total. The number of carbonyl (C=O) groups is 1. The molecule has 0 bridgehead atoms. The zero-order chi connectivity index (χ0) is 45.2. The summed E-state index contributed by atoms with van der Waals surface area (Å²) in [5.41, 5.74) is 5.26. The van der Waals surface area contributed by atoms with Gasteiger partial charge in [-0.05, 0) is 92.8 Å². The van der Waals surface area contributed by atoms with Crippen LogP contribution in [0.2, 0.25) is 0 Å². The highest BCUT2D eigenvalue weighted by Gasteiger charge is 2.65. The van der Waals surface area contributed by atoms with Crippen molar-refractivity contribution < 1.29 is 53.4 Å². The van der Waals surface area contributed by atoms with Gasteiger partial charge in [-0.2, -0.15) is 0 Å². The fourth-order valence-electron chi connectivity index (χ4n) is 9.46. The monoisotopic (exact) mass is 885 g/mol. The molecule has 1 saturated carbocycles. The Morgan fingerprint density at radius 3 is 2.50 bits per heavy atom. The summed E-state index contributed by atoms with van der Waals surface area (Å²) in [6, 6.07) is 20.7. The first kappa shape index (κ1) is 48.6. The van der Waals surface area contributed by atoms with Gasteiger partial charge in [0.1, 0.15) is 37.4 Å². The van der Waals surface area contributed by atoms with Crippen LogP contribution in [0.15, 0.2) is 96.2 Å². The lowest BCUT2D eigenvalue weighted by molar-refractivity contribution is -0.256. The van der Waals surface area contributed by atoms with Crippen molar-refractivity contribution in [2.75, 3.05) is 66.0 Å². The molecule has 1 fully saturated rings. The van der Waals surface area contributed by atoms with Crippen LogP contribution in [0.25, 0.3) is 0 Å². The number of ether oxygens (including phenoxy) is 6. The average Bonchev–Trinajstić information content (AvgIpc) is 3.31. The maximum absolute atomic E-state index is 14.6. The zero-order valence-electron chi connectivity index (χ0n) is 37.5. The van der Waals surface area contributed by atoms with Crippen LogP contribution in [-0.2, 0) is 37.0 Å². The number of hydrogen-bond acceptors (Lipinski definition) is 13. The van der Waals surface area contributed by atoms with E-state index in [0.717, 1.165) is 53.8 Å². The number of benzene rings is 2. The molecule has 2 aromatic carbocycles. The van der Waals surface area contributed by atoms with Gasteiger partial charge in [-0.15, -0.1) is 6.58 Å². The van der Waals surface area contributed by atoms with Crippen molar-refractivity contribution in [2.24, 2.45) is 22.9 Å². The maximum atomic E-state index is 14.6. The molecule has 0 radical (unpaired) electrons. The van der Waals surface area contributed by atoms with Gasteiger partial charge in [-0.25, -0.2) is 4.79 Å². The number of oxime groups is 1. The van der Waals surface area contributed by atoms with Crippen molar-refractivity contribution >= 4 is 11.8 Å². The lowest BCUT2D eigenvalue weighted by Gasteiger charge is -2.59. The summed E-state index contributed by atoms with van der Waals surface area (Å²) < 4.78 is 38.4. The third-order valence-corrected chi connectivity index (χ3v) is 12.2. The van der Waals surface area contributed by atoms with Crippen molar-refractivity contribution in [1.82, 2.24) is 9.88 Å². The van der Waals surface area contributed by atoms with E-state index in [1.807, 2.05) is 74.5 Å². The Labute approximate surface area is 377 Å². The van der Waals surface area contributed by atoms with Crippen molar-refractivity contribution in [3.05, 3.63) is 114 Å². The number of rotatable bonds is 27. The molecule has 348 valence electrons. The fraction of sp³-hybridized carbons (Fsp3) is 0.540. The van der Waals surface area contributed by atoms with Gasteiger partial charge in [0.25, 0.3) is 0 Å². The first-order chi connectivity index (χ1) is 31.4. The Hall–Kier alpha value is -4.83. The SMILES string of the molecule is C=CCOC12Oc3ccc(OCc4cccc(C)n4)cc3C3C(CCCCO)C(CCCCO)C=C(C(=NOCC)CC1N(CCOCCO)C(=O)OCCOCc1ccccc1)C32. The predicted octanol–water partition coefficient (Wildman–Crippen LogP) is 7.29. The second-order valence-electron chi connectivity index (χ2n) is 16.4. The van der Waals surface area contributed by atoms with Crippen LogP contribution in [0.3, 0.4) is 0 Å². The van der Waals surface area contributed by atoms with Crippen LogP contribution in [0, 0.1) is 24.7 Å². The molecule has 1 aromatic heterocycles. The van der Waals surface area contributed by atoms with E-state index in [1.165, 1.54) is 0 Å². The van der Waals surface area contributed by atoms with Gasteiger partial charge < -0.3 is 48.6 Å². The summed E-state index contributed by atoms with van der Waals surface area (Å²) in [5.74, 6) is -0.880. The molecular formula is C50H67N3O11. The third kappa shape index (κ3) is 12.3. The number of amides is 1. The zero-order valence-corrected chi connectivity index (χ0v) is 37.5. The number of aromatic nitrogens is 1. The Bertz CT molecular complexity index is 1980. The van der Waals surface area contributed by atoms with Gasteiger partial charge in [0.2, 0.25) is 5.79 Å². The Morgan fingerprint density at radius 1 is 0.938 bits per heavy atom. The summed E-state index contributed by atoms with van der Waals surface area (Å²) in [5, 5.41) is 34.2. The van der Waals surface area contributed by atoms with Crippen molar-refractivity contribution in [1.29, 1.82) is 0 Å². The quantitative estimate of drug-likeness (QED) is 0.0398. The van der Waals surface area contributed by atoms with Gasteiger partial charge in [0.15, 0.2) is 0 Å². The standard InChI is InChI=1S/C50H67N3O11/c1-4-26-62-50-46(53(22-27-58-28-25-56)49(57)60-30-29-59-34-37-15-7-6-8-16-37)33-44(52-63-5-2)42-31-38(17-9-11-23-54)41(19-10-12-24-55)47(48(42)50)43-32-40(20-21-45(43)64-50)61-35-39-18-13-14-36(3)51-39/h4,6-8,13-16,18,20-21,31-32,38,41,46-48,54-56H,1,5,9-12,17,19,22-30,33-35H2,2-3H3. The number of carbonyl (C=O) groups excluding carboxylic acids is 1. The summed E-state index contributed by atoms with van der Waals surface area (Å²) in [6.45, 7) is 9.40. The van der Waals surface area contributed by atoms with E-state index in [2.05, 4.69) is 23.7 Å². The number of aliphatic hydroxyl groups is 3. The largest absolute Gasteiger partial charge is 0.487 e. The van der Waals surface area contributed by atoms with Gasteiger partial charge >= 0.3 is 6.09 Å². The van der Waals surface area contributed by atoms with Gasteiger partial charge in [0, 0.05) is 43.4 Å². The molecule has 0 saturated heterocycles. The number of pyridine rings is 1. The second kappa shape index (κ2) is 25.0. The molecule has 2 heterocycles. The molecule has 6 atom stereocenters. The number of aryl methyl sites for hydroxylation is 1. The lowest BCUT2D eigenvalue weighted by Crippen LogP contribution is -2.70. The van der Waals surface area contributed by atoms with E-state index >= 15 is 0 Å². The molecule has 2 aliphatic carbocycles. The highest BCUT2D eigenvalue weighted by molar-refractivity contribution is 6.03. The topological polar surface area (TPSA) is 171 Å². The van der Waals surface area contributed by atoms with Crippen molar-refractivity contribution in [3.63, 3.8) is 0 Å². The molecule has 3 N–H and O–H groups in total. The Morgan fingerprint density at radius 2 is 1.75 bits per heavy atom. The summed E-state index contributed by atoms with van der Waals surface area (Å²) >= 11 is 0. The summed E-state index contributed by atoms with van der Waals surface area (Å²) in [7, 11) is 0. The van der Waals surface area contributed by atoms with Crippen molar-refractivity contribution in [3.8, 4) is 11.5 Å². The number of aliphatic hydroxyl groups excluding tert-OH is 3. The third-order valence-electron chi connectivity index (χ3n) is 12.2. The van der Waals surface area contributed by atoms with Crippen LogP contribution in [0.4, 0.5) is 4.79 Å². The normalized spacial score (nSPS) is 22.7. The van der Waals surface area contributed by atoms with Gasteiger partial charge in [-0.3, -0.25) is 9.88 Å². The molecule has 3 aliphatic rings. The van der Waals surface area contributed by atoms with Crippen LogP contribution < -0.4 is 9.47 Å². The minimum Gasteiger partial charge on any atom is -0.487 e. The molecule has 6 rings (SSSR count). The van der Waals surface area contributed by atoms with E-state index in [1.54, 1.807) is 11.0 Å². The second-order valence-corrected chi connectivity index (χ2v) is 16.4. The first-order valence-electron chi connectivity index (χ1n) is 22.9. The fourth-order valence-corrected chi connectivity index (χ4v) is 9.46. The van der Waals surface area contributed by atoms with Crippen molar-refractivity contribution in [2.45, 2.75) is 89.8 Å². The molecule has 64 heavy (non-hydrogen) atoms. The Kier molecular flexibility index (Phi) is 19.0. The van der Waals surface area contributed by atoms with Crippen LogP contribution in [-0.4, -0.2) is 115 Å². The number of allylic oxidation sites excluding steroid dienone is 1. The summed E-state index contributed by atoms with van der Waals surface area (Å²) in [4.78, 5) is 26.7. The molecule has 1 aliphatic heterocycles. The maximum Gasteiger partial charge on any atom is 0.410 e. The molecule has 3 aromatic rings. The van der Waals surface area contributed by atoms with Crippen LogP contribution >= 0.6 is 0 Å². The minimum absolute atomic E-state index is 0.00299. The average molecular weight is 886 g/mol. The van der Waals surface area contributed by atoms with E-state index in [4.69, 9.17) is 38.4 Å². The predicted molar refractivity (Wildman–Crippen MR) is 242 cm³/mol. The molecule has 0 spiro atoms. The van der Waals surface area contributed by atoms with E-state index in [9.17, 15) is 20.1 Å². The number of unbranched alkanes of at least 4 members (excludes halogenated alkanes) is 2. The number of hydrogen-bond donors (Lipinski definition) is 3. The minimum atomic E-state index is -1.48. The molecule has 6 unspecified atom stereocenters. The number of nitrogens with zero attached hydrogens (tertiary/aromatic N) is 3.